The number of benzene rings is 2. The number of H-pyrrole nitrogens is 1. The van der Waals surface area contributed by atoms with Crippen LogP contribution in [0.5, 0.6) is 0 Å². The zero-order chi connectivity index (χ0) is 29.9. The number of carbonyl (C=O) groups is 2. The average Bonchev–Trinajstić information content (AvgIpc) is 3.62. The summed E-state index contributed by atoms with van der Waals surface area (Å²) in [6.45, 7) is 0.151. The Hall–Kier alpha value is -4.27. The van der Waals surface area contributed by atoms with Crippen molar-refractivity contribution in [1.29, 1.82) is 0 Å². The number of anilines is 1. The highest BCUT2D eigenvalue weighted by atomic mass is 35.5. The highest BCUT2D eigenvalue weighted by Gasteiger charge is 2.29. The number of carbonyl (C=O) groups excluding carboxylic acids is 2. The Morgan fingerprint density at radius 1 is 1.12 bits per heavy atom. The summed E-state index contributed by atoms with van der Waals surface area (Å²) in [5, 5.41) is 14.6. The van der Waals surface area contributed by atoms with E-state index in [1.165, 1.54) is 22.0 Å². The molecule has 2 aromatic carbocycles. The van der Waals surface area contributed by atoms with Crippen LogP contribution in [0.1, 0.15) is 23.9 Å². The number of nitrogens with two attached hydrogens (primary N) is 1. The van der Waals surface area contributed by atoms with E-state index < -0.39 is 21.8 Å². The SMILES string of the molecule is Nc1ccc(-c2nc(C(CC(=O)N3CCS(=O)(=O)CC3)NC(=O)/C=C/c3cc(Cl)ccc3-n3cnnn3)[nH]c2Cl)cc1. The largest absolute Gasteiger partial charge is 0.399 e. The van der Waals surface area contributed by atoms with Crippen molar-refractivity contribution in [3.63, 3.8) is 0 Å². The first-order chi connectivity index (χ1) is 20.1. The molecule has 0 saturated carbocycles. The van der Waals surface area contributed by atoms with Crippen LogP contribution >= 0.6 is 23.2 Å². The molecule has 2 aromatic heterocycles. The highest BCUT2D eigenvalue weighted by molar-refractivity contribution is 7.91. The number of nitrogens with zero attached hydrogens (tertiary/aromatic N) is 6. The molecule has 0 bridgehead atoms. The fourth-order valence-electron chi connectivity index (χ4n) is 4.37. The highest BCUT2D eigenvalue weighted by Crippen LogP contribution is 2.29. The Morgan fingerprint density at radius 2 is 1.86 bits per heavy atom. The van der Waals surface area contributed by atoms with E-state index in [4.69, 9.17) is 28.9 Å². The maximum atomic E-state index is 13.2. The van der Waals surface area contributed by atoms with E-state index in [0.29, 0.717) is 33.2 Å². The fraction of sp³-hybridized carbons (Fsp3) is 0.231. The number of halogens is 2. The zero-order valence-corrected chi connectivity index (χ0v) is 24.3. The van der Waals surface area contributed by atoms with E-state index in [1.807, 2.05) is 0 Å². The summed E-state index contributed by atoms with van der Waals surface area (Å²) in [5.41, 5.74) is 8.63. The van der Waals surface area contributed by atoms with Crippen LogP contribution in [-0.2, 0) is 19.4 Å². The van der Waals surface area contributed by atoms with Gasteiger partial charge in [-0.2, -0.15) is 4.68 Å². The summed E-state index contributed by atoms with van der Waals surface area (Å²) in [4.78, 5) is 35.4. The van der Waals surface area contributed by atoms with E-state index in [-0.39, 0.29) is 47.9 Å². The molecule has 218 valence electrons. The monoisotopic (exact) mass is 629 g/mol. The second-order valence-corrected chi connectivity index (χ2v) is 12.6. The van der Waals surface area contributed by atoms with E-state index in [1.54, 1.807) is 48.5 Å². The Labute approximate surface area is 250 Å². The van der Waals surface area contributed by atoms with E-state index in [2.05, 4.69) is 30.8 Å². The van der Waals surface area contributed by atoms with Gasteiger partial charge in [-0.3, -0.25) is 9.59 Å². The minimum Gasteiger partial charge on any atom is -0.399 e. The molecule has 0 radical (unpaired) electrons. The molecule has 13 nitrogen and oxygen atoms in total. The second-order valence-electron chi connectivity index (χ2n) is 9.50. The van der Waals surface area contributed by atoms with Crippen molar-refractivity contribution < 1.29 is 18.0 Å². The summed E-state index contributed by atoms with van der Waals surface area (Å²) >= 11 is 12.6. The first-order valence-electron chi connectivity index (χ1n) is 12.7. The number of aromatic amines is 1. The molecule has 5 rings (SSSR count). The van der Waals surface area contributed by atoms with Crippen molar-refractivity contribution in [3.05, 3.63) is 76.4 Å². The Kier molecular flexibility index (Phi) is 8.56. The van der Waals surface area contributed by atoms with Crippen LogP contribution in [0.2, 0.25) is 10.2 Å². The Morgan fingerprint density at radius 3 is 2.55 bits per heavy atom. The minimum absolute atomic E-state index is 0.0754. The van der Waals surface area contributed by atoms with Gasteiger partial charge in [-0.25, -0.2) is 13.4 Å². The first kappa shape index (κ1) is 29.2. The number of tetrazole rings is 1. The maximum Gasteiger partial charge on any atom is 0.244 e. The third kappa shape index (κ3) is 6.95. The van der Waals surface area contributed by atoms with Crippen LogP contribution in [-0.4, -0.2) is 79.9 Å². The van der Waals surface area contributed by atoms with Crippen molar-refractivity contribution in [2.45, 2.75) is 12.5 Å². The molecule has 0 aliphatic carbocycles. The van der Waals surface area contributed by atoms with Crippen molar-refractivity contribution >= 4 is 56.6 Å². The van der Waals surface area contributed by atoms with Gasteiger partial charge in [0.1, 0.15) is 23.0 Å². The molecule has 1 unspecified atom stereocenters. The van der Waals surface area contributed by atoms with Gasteiger partial charge in [-0.05, 0) is 46.8 Å². The molecular formula is C26H25Cl2N9O4S. The maximum absolute atomic E-state index is 13.2. The van der Waals surface area contributed by atoms with Crippen molar-refractivity contribution in [2.24, 2.45) is 0 Å². The molecule has 1 saturated heterocycles. The third-order valence-electron chi connectivity index (χ3n) is 6.58. The molecule has 1 aliphatic heterocycles. The smallest absolute Gasteiger partial charge is 0.244 e. The van der Waals surface area contributed by atoms with Gasteiger partial charge in [0, 0.05) is 41.0 Å². The molecule has 4 N–H and O–H groups in total. The van der Waals surface area contributed by atoms with Crippen molar-refractivity contribution in [3.8, 4) is 16.9 Å². The second kappa shape index (κ2) is 12.3. The average molecular weight is 631 g/mol. The molecular weight excluding hydrogens is 605 g/mol. The molecule has 2 amide bonds. The van der Waals surface area contributed by atoms with Gasteiger partial charge in [0.05, 0.1) is 29.7 Å². The van der Waals surface area contributed by atoms with Gasteiger partial charge >= 0.3 is 0 Å². The van der Waals surface area contributed by atoms with Gasteiger partial charge in [0.25, 0.3) is 0 Å². The molecule has 1 fully saturated rings. The topological polar surface area (TPSA) is 182 Å². The van der Waals surface area contributed by atoms with Gasteiger partial charge in [-0.15, -0.1) is 5.10 Å². The summed E-state index contributed by atoms with van der Waals surface area (Å²) in [5.74, 6) is -0.843. The normalized spacial score (nSPS) is 15.5. The number of sulfone groups is 1. The number of aromatic nitrogens is 6. The molecule has 4 aromatic rings. The lowest BCUT2D eigenvalue weighted by Crippen LogP contribution is -2.45. The third-order valence-corrected chi connectivity index (χ3v) is 8.70. The van der Waals surface area contributed by atoms with E-state index >= 15 is 0 Å². The van der Waals surface area contributed by atoms with E-state index in [0.717, 1.165) is 0 Å². The predicted octanol–water partition coefficient (Wildman–Crippen LogP) is 2.46. The van der Waals surface area contributed by atoms with Crippen LogP contribution in [0.4, 0.5) is 5.69 Å². The zero-order valence-electron chi connectivity index (χ0n) is 21.9. The molecule has 16 heteroatoms. The van der Waals surface area contributed by atoms with Crippen LogP contribution in [0.25, 0.3) is 23.0 Å². The quantitative estimate of drug-likeness (QED) is 0.195. The van der Waals surface area contributed by atoms with Gasteiger partial charge in [0.15, 0.2) is 9.84 Å². The number of imidazole rings is 1. The standard InChI is InChI=1S/C26H25Cl2N9O4S/c27-18-4-7-21(37-15-30-34-35-37)17(13-18)3-8-22(38)31-20(14-23(39)36-9-11-42(40,41)12-10-36)26-32-24(25(28)33-26)16-1-5-19(29)6-2-16/h1-8,13,15,20H,9-12,14,29H2,(H,31,38)(H,32,33)/b8-3+. The number of hydrogen-bond acceptors (Lipinski definition) is 9. The van der Waals surface area contributed by atoms with E-state index in [9.17, 15) is 18.0 Å². The lowest BCUT2D eigenvalue weighted by molar-refractivity contribution is -0.131. The summed E-state index contributed by atoms with van der Waals surface area (Å²) in [6, 6.07) is 11.0. The summed E-state index contributed by atoms with van der Waals surface area (Å²) in [7, 11) is -3.18. The molecule has 0 spiro atoms. The molecule has 1 aliphatic rings. The lowest BCUT2D eigenvalue weighted by atomic mass is 10.1. The van der Waals surface area contributed by atoms with Gasteiger partial charge in [0.2, 0.25) is 11.8 Å². The van der Waals surface area contributed by atoms with Crippen LogP contribution in [0.3, 0.4) is 0 Å². The van der Waals surface area contributed by atoms with Gasteiger partial charge < -0.3 is 20.9 Å². The molecule has 42 heavy (non-hydrogen) atoms. The number of amides is 2. The molecule has 1 atom stereocenters. The van der Waals surface area contributed by atoms with Crippen molar-refractivity contribution in [2.75, 3.05) is 30.3 Å². The Balaban J connectivity index is 1.40. The van der Waals surface area contributed by atoms with Crippen molar-refractivity contribution in [1.82, 2.24) is 40.4 Å². The number of hydrogen-bond donors (Lipinski definition) is 3. The lowest BCUT2D eigenvalue weighted by Gasteiger charge is -2.28. The number of nitrogens with one attached hydrogen (secondary N) is 2. The van der Waals surface area contributed by atoms with Crippen LogP contribution in [0, 0.1) is 0 Å². The predicted molar refractivity (Wildman–Crippen MR) is 157 cm³/mol. The summed E-state index contributed by atoms with van der Waals surface area (Å²) in [6.07, 6.45) is 4.06. The van der Waals surface area contributed by atoms with Gasteiger partial charge in [-0.1, -0.05) is 35.3 Å². The first-order valence-corrected chi connectivity index (χ1v) is 15.3. The number of nitrogen functional groups attached to an aromatic ring is 1. The number of rotatable bonds is 8. The summed E-state index contributed by atoms with van der Waals surface area (Å²) < 4.78 is 25.1. The van der Waals surface area contributed by atoms with Crippen LogP contribution in [0.15, 0.2) is 54.9 Å². The Bertz CT molecular complexity index is 1730. The minimum atomic E-state index is -3.18. The fourth-order valence-corrected chi connectivity index (χ4v) is 6.00. The van der Waals surface area contributed by atoms with Crippen LogP contribution < -0.4 is 11.1 Å². The molecule has 3 heterocycles.